The van der Waals surface area contributed by atoms with Gasteiger partial charge in [0.1, 0.15) is 6.79 Å². The molecule has 86 valence electrons. The van der Waals surface area contributed by atoms with Gasteiger partial charge in [-0.1, -0.05) is 39.0 Å². The van der Waals surface area contributed by atoms with Crippen molar-refractivity contribution in [3.05, 3.63) is 0 Å². The maximum atomic E-state index is 9.47. The molecule has 0 aliphatic rings. The molecule has 1 atom stereocenters. The van der Waals surface area contributed by atoms with Gasteiger partial charge >= 0.3 is 0 Å². The molecule has 0 aromatic heterocycles. The molecule has 2 N–H and O–H groups in total. The molecule has 3 nitrogen and oxygen atoms in total. The van der Waals surface area contributed by atoms with Gasteiger partial charge in [0, 0.05) is 0 Å². The summed E-state index contributed by atoms with van der Waals surface area (Å²) in [6.07, 6.45) is 7.37. The molecule has 0 saturated heterocycles. The summed E-state index contributed by atoms with van der Waals surface area (Å²) in [4.78, 5) is 0. The quantitative estimate of drug-likeness (QED) is 0.423. The molecule has 0 aliphatic carbocycles. The smallest absolute Gasteiger partial charge is 0.143 e. The summed E-state index contributed by atoms with van der Waals surface area (Å²) >= 11 is 0. The van der Waals surface area contributed by atoms with Crippen LogP contribution in [0.15, 0.2) is 0 Å². The van der Waals surface area contributed by atoms with Crippen molar-refractivity contribution >= 4 is 0 Å². The van der Waals surface area contributed by atoms with Crippen molar-refractivity contribution in [1.29, 1.82) is 0 Å². The van der Waals surface area contributed by atoms with Crippen LogP contribution in [0, 0.1) is 0 Å². The summed E-state index contributed by atoms with van der Waals surface area (Å²) in [6, 6.07) is 0. The fourth-order valence-corrected chi connectivity index (χ4v) is 1.41. The third-order valence-corrected chi connectivity index (χ3v) is 2.33. The topological polar surface area (TPSA) is 49.7 Å². The number of unbranched alkanes of at least 4 members (excludes halogenated alkanes) is 4. The van der Waals surface area contributed by atoms with Gasteiger partial charge in [0.05, 0.1) is 12.7 Å². The van der Waals surface area contributed by atoms with Crippen LogP contribution in [0.3, 0.4) is 0 Å². The second kappa shape index (κ2) is 11.0. The maximum absolute atomic E-state index is 9.47. The molecular formula is C11H24O3. The highest BCUT2D eigenvalue weighted by molar-refractivity contribution is 4.55. The van der Waals surface area contributed by atoms with Crippen LogP contribution < -0.4 is 0 Å². The molecule has 0 saturated carbocycles. The molecule has 0 aromatic carbocycles. The molecule has 0 fully saturated rings. The molecule has 1 unspecified atom stereocenters. The molecule has 0 amide bonds. The molecule has 0 rings (SSSR count). The Labute approximate surface area is 87.1 Å². The zero-order valence-electron chi connectivity index (χ0n) is 9.24. The van der Waals surface area contributed by atoms with Gasteiger partial charge in [-0.15, -0.1) is 0 Å². The minimum absolute atomic E-state index is 0.247. The fourth-order valence-electron chi connectivity index (χ4n) is 1.41. The van der Waals surface area contributed by atoms with Crippen molar-refractivity contribution in [2.24, 2.45) is 0 Å². The third-order valence-electron chi connectivity index (χ3n) is 2.33. The molecular weight excluding hydrogens is 180 g/mol. The van der Waals surface area contributed by atoms with Crippen LogP contribution in [0.25, 0.3) is 0 Å². The van der Waals surface area contributed by atoms with E-state index >= 15 is 0 Å². The van der Waals surface area contributed by atoms with E-state index < -0.39 is 0 Å². The lowest BCUT2D eigenvalue weighted by Crippen LogP contribution is -2.10. The van der Waals surface area contributed by atoms with E-state index in [0.29, 0.717) is 13.0 Å². The first-order chi connectivity index (χ1) is 6.81. The molecule has 3 heteroatoms. The molecule has 0 radical (unpaired) electrons. The fraction of sp³-hybridized carbons (Fsp3) is 1.00. The normalized spacial score (nSPS) is 13.1. The van der Waals surface area contributed by atoms with E-state index in [1.807, 2.05) is 0 Å². The lowest BCUT2D eigenvalue weighted by atomic mass is 10.1. The van der Waals surface area contributed by atoms with Crippen molar-refractivity contribution in [1.82, 2.24) is 0 Å². The highest BCUT2D eigenvalue weighted by Gasteiger charge is 2.03. The summed E-state index contributed by atoms with van der Waals surface area (Å²) in [7, 11) is 0. The Hall–Kier alpha value is -0.120. The molecule has 0 aromatic rings. The average Bonchev–Trinajstić information content (AvgIpc) is 2.18. The summed E-state index contributed by atoms with van der Waals surface area (Å²) in [5, 5.41) is 17.8. The zero-order valence-corrected chi connectivity index (χ0v) is 9.24. The zero-order chi connectivity index (χ0) is 10.6. The van der Waals surface area contributed by atoms with E-state index in [0.717, 1.165) is 12.8 Å². The van der Waals surface area contributed by atoms with E-state index in [-0.39, 0.29) is 12.9 Å². The Bertz CT molecular complexity index is 107. The van der Waals surface area contributed by atoms with E-state index in [9.17, 15) is 5.11 Å². The number of aliphatic hydroxyl groups excluding tert-OH is 2. The van der Waals surface area contributed by atoms with Crippen LogP contribution >= 0.6 is 0 Å². The van der Waals surface area contributed by atoms with Crippen LogP contribution in [0.2, 0.25) is 0 Å². The van der Waals surface area contributed by atoms with Gasteiger partial charge in [0.15, 0.2) is 0 Å². The minimum Gasteiger partial charge on any atom is -0.393 e. The van der Waals surface area contributed by atoms with Gasteiger partial charge in [-0.25, -0.2) is 0 Å². The van der Waals surface area contributed by atoms with Crippen LogP contribution in [0.4, 0.5) is 0 Å². The van der Waals surface area contributed by atoms with E-state index in [4.69, 9.17) is 9.84 Å². The van der Waals surface area contributed by atoms with E-state index in [1.54, 1.807) is 0 Å². The monoisotopic (exact) mass is 204 g/mol. The van der Waals surface area contributed by atoms with Crippen molar-refractivity contribution in [2.75, 3.05) is 13.4 Å². The molecule has 0 spiro atoms. The number of rotatable bonds is 10. The van der Waals surface area contributed by atoms with Crippen molar-refractivity contribution in [3.63, 3.8) is 0 Å². The summed E-state index contributed by atoms with van der Waals surface area (Å²) in [6.45, 7) is 2.40. The molecule has 14 heavy (non-hydrogen) atoms. The summed E-state index contributed by atoms with van der Waals surface area (Å²) < 4.78 is 4.74. The number of hydrogen-bond acceptors (Lipinski definition) is 3. The Kier molecular flexibility index (Phi) is 10.9. The van der Waals surface area contributed by atoms with Crippen molar-refractivity contribution in [3.8, 4) is 0 Å². The lowest BCUT2D eigenvalue weighted by Gasteiger charge is -2.09. The Morgan fingerprint density at radius 2 is 1.79 bits per heavy atom. The van der Waals surface area contributed by atoms with Gasteiger partial charge < -0.3 is 14.9 Å². The molecule has 0 aliphatic heterocycles. The van der Waals surface area contributed by atoms with Gasteiger partial charge in [-0.3, -0.25) is 0 Å². The summed E-state index contributed by atoms with van der Waals surface area (Å²) in [5.41, 5.74) is 0. The second-order valence-corrected chi connectivity index (χ2v) is 3.68. The minimum atomic E-state index is -0.261. The highest BCUT2D eigenvalue weighted by Crippen LogP contribution is 2.08. The second-order valence-electron chi connectivity index (χ2n) is 3.68. The van der Waals surface area contributed by atoms with Crippen LogP contribution in [0.5, 0.6) is 0 Å². The Morgan fingerprint density at radius 3 is 2.43 bits per heavy atom. The van der Waals surface area contributed by atoms with Crippen LogP contribution in [-0.2, 0) is 4.74 Å². The predicted molar refractivity (Wildman–Crippen MR) is 57.0 cm³/mol. The lowest BCUT2D eigenvalue weighted by molar-refractivity contribution is -0.0153. The standard InChI is InChI=1S/C11H24O3/c1-2-3-4-5-6-7-11(13)8-9-14-10-12/h11-13H,2-10H2,1H3. The van der Waals surface area contributed by atoms with Crippen LogP contribution in [-0.4, -0.2) is 29.7 Å². The number of hydrogen-bond donors (Lipinski definition) is 2. The highest BCUT2D eigenvalue weighted by atomic mass is 16.6. The Morgan fingerprint density at radius 1 is 1.07 bits per heavy atom. The predicted octanol–water partition coefficient (Wildman–Crippen LogP) is 2.06. The van der Waals surface area contributed by atoms with Gasteiger partial charge in [-0.05, 0) is 12.8 Å². The van der Waals surface area contributed by atoms with E-state index in [1.165, 1.54) is 25.7 Å². The molecule has 0 bridgehead atoms. The first-order valence-electron chi connectivity index (χ1n) is 5.68. The molecule has 0 heterocycles. The van der Waals surface area contributed by atoms with Crippen molar-refractivity contribution in [2.45, 2.75) is 58.0 Å². The first kappa shape index (κ1) is 13.9. The Balaban J connectivity index is 3.06. The van der Waals surface area contributed by atoms with Crippen molar-refractivity contribution < 1.29 is 14.9 Å². The van der Waals surface area contributed by atoms with E-state index in [2.05, 4.69) is 6.92 Å². The first-order valence-corrected chi connectivity index (χ1v) is 5.68. The van der Waals surface area contributed by atoms with Gasteiger partial charge in [-0.2, -0.15) is 0 Å². The van der Waals surface area contributed by atoms with Gasteiger partial charge in [0.25, 0.3) is 0 Å². The largest absolute Gasteiger partial charge is 0.393 e. The number of ether oxygens (including phenoxy) is 1. The average molecular weight is 204 g/mol. The number of aliphatic hydroxyl groups is 2. The maximum Gasteiger partial charge on any atom is 0.143 e. The van der Waals surface area contributed by atoms with Gasteiger partial charge in [0.2, 0.25) is 0 Å². The SMILES string of the molecule is CCCCCCCC(O)CCOCO. The van der Waals surface area contributed by atoms with Crippen LogP contribution in [0.1, 0.15) is 51.9 Å². The third kappa shape index (κ3) is 9.96. The summed E-state index contributed by atoms with van der Waals surface area (Å²) in [5.74, 6) is 0.